The zero-order chi connectivity index (χ0) is 18.7. The van der Waals surface area contributed by atoms with Crippen molar-refractivity contribution in [2.75, 3.05) is 34.9 Å². The molecule has 1 aromatic carbocycles. The van der Waals surface area contributed by atoms with Gasteiger partial charge in [-0.15, -0.1) is 0 Å². The Hall–Kier alpha value is -2.31. The third kappa shape index (κ3) is 2.15. The van der Waals surface area contributed by atoms with Gasteiger partial charge in [-0.25, -0.2) is 0 Å². The molecule has 4 rings (SSSR count). The Balaban J connectivity index is 2.01. The average Bonchev–Trinajstić information content (AvgIpc) is 2.63. The Kier molecular flexibility index (Phi) is 3.68. The van der Waals surface area contributed by atoms with Gasteiger partial charge < -0.3 is 24.1 Å². The fourth-order valence-electron chi connectivity index (χ4n) is 4.72. The molecule has 3 aliphatic rings. The van der Waals surface area contributed by atoms with Gasteiger partial charge in [-0.2, -0.15) is 0 Å². The van der Waals surface area contributed by atoms with Crippen molar-refractivity contribution in [3.8, 4) is 11.5 Å². The minimum atomic E-state index is -0.501. The van der Waals surface area contributed by atoms with Crippen molar-refractivity contribution < 1.29 is 23.7 Å². The van der Waals surface area contributed by atoms with E-state index in [-0.39, 0.29) is 16.5 Å². The number of carbonyl (C=O) groups is 1. The lowest BCUT2D eigenvalue weighted by molar-refractivity contribution is -0.886. The molecule has 0 spiro atoms. The number of ether oxygens (including phenoxy) is 3. The van der Waals surface area contributed by atoms with Gasteiger partial charge in [-0.1, -0.05) is 0 Å². The highest BCUT2D eigenvalue weighted by Gasteiger charge is 2.54. The van der Waals surface area contributed by atoms with E-state index in [1.807, 2.05) is 18.2 Å². The first-order valence-electron chi connectivity index (χ1n) is 8.71. The topological polar surface area (TPSA) is 67.8 Å². The second-order valence-electron chi connectivity index (χ2n) is 7.38. The number of benzene rings is 1. The predicted octanol–water partition coefficient (Wildman–Crippen LogP) is 2.25. The number of nitrogens with zero attached hydrogens (tertiary/aromatic N) is 1. The number of ketones is 1. The van der Waals surface area contributed by atoms with Crippen LogP contribution in [0.4, 0.5) is 0 Å². The molecule has 0 N–H and O–H groups in total. The van der Waals surface area contributed by atoms with Crippen molar-refractivity contribution in [2.45, 2.75) is 24.3 Å². The smallest absolute Gasteiger partial charge is 0.220 e. The fourth-order valence-corrected chi connectivity index (χ4v) is 4.72. The minimum Gasteiger partial charge on any atom is -0.633 e. The first-order chi connectivity index (χ1) is 12.4. The van der Waals surface area contributed by atoms with Crippen LogP contribution in [-0.2, 0) is 21.4 Å². The number of likely N-dealkylation sites (tertiary alicyclic amines) is 1. The Morgan fingerprint density at radius 2 is 1.85 bits per heavy atom. The van der Waals surface area contributed by atoms with Crippen LogP contribution in [0, 0.1) is 5.21 Å². The van der Waals surface area contributed by atoms with Crippen molar-refractivity contribution >= 4 is 5.78 Å². The zero-order valence-electron chi connectivity index (χ0n) is 15.5. The van der Waals surface area contributed by atoms with Crippen LogP contribution in [0.25, 0.3) is 0 Å². The van der Waals surface area contributed by atoms with Crippen molar-refractivity contribution in [2.24, 2.45) is 0 Å². The second kappa shape index (κ2) is 5.59. The maximum atomic E-state index is 13.1. The molecule has 1 saturated heterocycles. The van der Waals surface area contributed by atoms with Crippen LogP contribution in [0.1, 0.15) is 17.5 Å². The van der Waals surface area contributed by atoms with Gasteiger partial charge in [-0.3, -0.25) is 4.79 Å². The number of hydroxylamine groups is 3. The Morgan fingerprint density at radius 3 is 2.50 bits per heavy atom. The van der Waals surface area contributed by atoms with Gasteiger partial charge in [0.2, 0.25) is 5.78 Å². The molecule has 2 aliphatic carbocycles. The molecule has 3 atom stereocenters. The van der Waals surface area contributed by atoms with Gasteiger partial charge in [0.05, 0.1) is 40.3 Å². The molecule has 2 bridgehead atoms. The second-order valence-corrected chi connectivity index (χ2v) is 7.38. The minimum absolute atomic E-state index is 0.172. The van der Waals surface area contributed by atoms with Crippen molar-refractivity contribution in [1.29, 1.82) is 0 Å². The number of rotatable bonds is 3. The molecule has 1 fully saturated rings. The number of likely N-dealkylation sites (N-methyl/N-ethyl adjacent to an activating group) is 1. The normalized spacial score (nSPS) is 32.0. The van der Waals surface area contributed by atoms with Crippen molar-refractivity contribution in [1.82, 2.24) is 0 Å². The van der Waals surface area contributed by atoms with E-state index in [9.17, 15) is 10.0 Å². The third-order valence-electron chi connectivity index (χ3n) is 6.11. The first kappa shape index (κ1) is 17.1. The molecule has 26 heavy (non-hydrogen) atoms. The van der Waals surface area contributed by atoms with Gasteiger partial charge in [0.15, 0.2) is 17.3 Å². The van der Waals surface area contributed by atoms with E-state index in [2.05, 4.69) is 0 Å². The molecule has 0 amide bonds. The highest BCUT2D eigenvalue weighted by molar-refractivity contribution is 6.05. The van der Waals surface area contributed by atoms with E-state index in [1.54, 1.807) is 27.3 Å². The number of fused-ring (bicyclic) bond motifs is 1. The summed E-state index contributed by atoms with van der Waals surface area (Å²) in [6, 6.07) is 3.66. The lowest BCUT2D eigenvalue weighted by atomic mass is 9.58. The molecule has 6 heteroatoms. The van der Waals surface area contributed by atoms with Crippen LogP contribution in [-0.4, -0.2) is 51.4 Å². The number of piperidine rings is 1. The summed E-state index contributed by atoms with van der Waals surface area (Å²) in [6.45, 7) is 0.484. The van der Waals surface area contributed by atoms with Crippen LogP contribution in [0.2, 0.25) is 0 Å². The summed E-state index contributed by atoms with van der Waals surface area (Å²) in [6.07, 6.45) is 4.72. The van der Waals surface area contributed by atoms with E-state index in [1.165, 1.54) is 7.11 Å². The number of hydrogen-bond acceptors (Lipinski definition) is 5. The van der Waals surface area contributed by atoms with Gasteiger partial charge in [0, 0.05) is 18.4 Å². The van der Waals surface area contributed by atoms with E-state index >= 15 is 0 Å². The number of carbonyl (C=O) groups excluding carboxylic acids is 1. The van der Waals surface area contributed by atoms with Crippen LogP contribution < -0.4 is 9.47 Å². The molecule has 1 aromatic rings. The third-order valence-corrected chi connectivity index (χ3v) is 6.11. The number of allylic oxidation sites excluding steroid dienone is 2. The predicted molar refractivity (Wildman–Crippen MR) is 95.9 cm³/mol. The number of methoxy groups -OCH3 is 3. The average molecular weight is 357 g/mol. The van der Waals surface area contributed by atoms with E-state index in [4.69, 9.17) is 14.2 Å². The molecular weight excluding hydrogens is 334 g/mol. The zero-order valence-corrected chi connectivity index (χ0v) is 15.5. The molecule has 138 valence electrons. The maximum Gasteiger partial charge on any atom is 0.220 e. The summed E-state index contributed by atoms with van der Waals surface area (Å²) in [5.74, 6) is 1.45. The quantitative estimate of drug-likeness (QED) is 0.613. The van der Waals surface area contributed by atoms with Crippen LogP contribution in [0.3, 0.4) is 0 Å². The molecule has 6 nitrogen and oxygen atoms in total. The first-order valence-corrected chi connectivity index (χ1v) is 8.71. The lowest BCUT2D eigenvalue weighted by Crippen LogP contribution is -2.61. The Labute approximate surface area is 152 Å². The van der Waals surface area contributed by atoms with Gasteiger partial charge in [-0.05, 0) is 35.4 Å². The largest absolute Gasteiger partial charge is 0.633 e. The number of hydrogen-bond donors (Lipinski definition) is 0. The monoisotopic (exact) mass is 357 g/mol. The molecule has 1 aliphatic heterocycles. The van der Waals surface area contributed by atoms with E-state index in [0.717, 1.165) is 16.7 Å². The lowest BCUT2D eigenvalue weighted by Gasteiger charge is -2.58. The van der Waals surface area contributed by atoms with Gasteiger partial charge in [0.25, 0.3) is 0 Å². The molecule has 1 heterocycles. The van der Waals surface area contributed by atoms with Gasteiger partial charge in [0.1, 0.15) is 6.04 Å². The summed E-state index contributed by atoms with van der Waals surface area (Å²) in [4.78, 5) is 12.4. The van der Waals surface area contributed by atoms with Crippen molar-refractivity contribution in [3.05, 3.63) is 52.0 Å². The van der Waals surface area contributed by atoms with E-state index < -0.39 is 5.41 Å². The van der Waals surface area contributed by atoms with E-state index in [0.29, 0.717) is 36.6 Å². The highest BCUT2D eigenvalue weighted by Crippen LogP contribution is 2.54. The standard InChI is InChI=1S/C20H23NO5/c1-21(23)6-5-20-11-19(26-4)16(22)9-14(20)15(21)7-12-8-17(24-2)18(25-3)10-13(12)20/h8-11,15H,5-7H2,1-4H3/t15-,20-,21?/m0/s1. The highest BCUT2D eigenvalue weighted by atomic mass is 16.5. The van der Waals surface area contributed by atoms with Crippen LogP contribution in [0.5, 0.6) is 11.5 Å². The Morgan fingerprint density at radius 1 is 1.15 bits per heavy atom. The molecule has 0 radical (unpaired) electrons. The molecule has 0 aromatic heterocycles. The fraction of sp³-hybridized carbons (Fsp3) is 0.450. The summed E-state index contributed by atoms with van der Waals surface area (Å²) in [5, 5.41) is 13.1. The summed E-state index contributed by atoms with van der Waals surface area (Å²) >= 11 is 0. The molecule has 0 saturated carbocycles. The summed E-state index contributed by atoms with van der Waals surface area (Å²) in [7, 11) is 6.41. The van der Waals surface area contributed by atoms with Crippen molar-refractivity contribution in [3.63, 3.8) is 0 Å². The molecular formula is C20H23NO5. The summed E-state index contributed by atoms with van der Waals surface area (Å²) < 4.78 is 15.9. The van der Waals surface area contributed by atoms with Gasteiger partial charge >= 0.3 is 0 Å². The Bertz CT molecular complexity index is 854. The summed E-state index contributed by atoms with van der Waals surface area (Å²) in [5.41, 5.74) is 2.52. The SMILES string of the molecule is COC1=C[C@@]23CC[N+](C)([O-])[C@@H](Cc4cc(OC)c(OC)cc42)C3=CC1=O. The molecule has 1 unspecified atom stereocenters. The van der Waals surface area contributed by atoms with Crippen LogP contribution in [0.15, 0.2) is 35.6 Å². The maximum absolute atomic E-state index is 13.1. The van der Waals surface area contributed by atoms with Crippen LogP contribution >= 0.6 is 0 Å². The number of quaternary nitrogens is 1.